The zero-order valence-electron chi connectivity index (χ0n) is 16.7. The number of likely N-dealkylation sites (tertiary alicyclic amines) is 1. The van der Waals surface area contributed by atoms with E-state index >= 15 is 0 Å². The van der Waals surface area contributed by atoms with Crippen molar-refractivity contribution in [3.63, 3.8) is 0 Å². The second-order valence-electron chi connectivity index (χ2n) is 7.74. The molecule has 0 radical (unpaired) electrons. The number of hydrogen-bond donors (Lipinski definition) is 1. The van der Waals surface area contributed by atoms with Crippen LogP contribution in [0.4, 0.5) is 4.39 Å². The molecule has 1 saturated heterocycles. The molecule has 1 aliphatic rings. The van der Waals surface area contributed by atoms with Crippen molar-refractivity contribution < 1.29 is 13.6 Å². The predicted molar refractivity (Wildman–Crippen MR) is 113 cm³/mol. The fourth-order valence-corrected chi connectivity index (χ4v) is 3.95. The van der Waals surface area contributed by atoms with Gasteiger partial charge in [-0.2, -0.15) is 0 Å². The van der Waals surface area contributed by atoms with Crippen molar-refractivity contribution in [2.24, 2.45) is 5.92 Å². The molecule has 4 rings (SSSR count). The van der Waals surface area contributed by atoms with Crippen LogP contribution in [-0.4, -0.2) is 28.5 Å². The van der Waals surface area contributed by atoms with Crippen LogP contribution in [0.15, 0.2) is 45.6 Å². The monoisotopic (exact) mass is 431 g/mol. The van der Waals surface area contributed by atoms with Gasteiger partial charge in [0.1, 0.15) is 5.82 Å². The van der Waals surface area contributed by atoms with Crippen LogP contribution in [0.25, 0.3) is 11.1 Å². The topological polar surface area (TPSA) is 67.5 Å². The normalized spacial score (nSPS) is 15.6. The molecule has 1 fully saturated rings. The molecule has 1 N–H and O–H groups in total. The molecule has 30 heavy (non-hydrogen) atoms. The molecule has 0 spiro atoms. The lowest BCUT2D eigenvalue weighted by Crippen LogP contribution is -2.41. The lowest BCUT2D eigenvalue weighted by Gasteiger charge is -2.31. The van der Waals surface area contributed by atoms with Crippen LogP contribution in [0.5, 0.6) is 0 Å². The van der Waals surface area contributed by atoms with Gasteiger partial charge in [0, 0.05) is 30.6 Å². The Morgan fingerprint density at radius 2 is 2.00 bits per heavy atom. The number of carbonyl (C=O) groups excluding carboxylic acids is 1. The lowest BCUT2D eigenvalue weighted by molar-refractivity contribution is -0.126. The summed E-state index contributed by atoms with van der Waals surface area (Å²) in [5.74, 6) is -0.798. The van der Waals surface area contributed by atoms with Crippen molar-refractivity contribution in [2.75, 3.05) is 13.1 Å². The number of nitrogens with one attached hydrogen (secondary N) is 1. The van der Waals surface area contributed by atoms with Gasteiger partial charge >= 0.3 is 5.76 Å². The molecule has 6 nitrogen and oxygen atoms in total. The Bertz CT molecular complexity index is 1130. The van der Waals surface area contributed by atoms with Crippen molar-refractivity contribution in [1.82, 2.24) is 14.8 Å². The van der Waals surface area contributed by atoms with Crippen molar-refractivity contribution in [2.45, 2.75) is 33.0 Å². The Labute approximate surface area is 178 Å². The predicted octanol–water partition coefficient (Wildman–Crippen LogP) is 3.68. The van der Waals surface area contributed by atoms with Crippen molar-refractivity contribution >= 4 is 28.6 Å². The zero-order valence-corrected chi connectivity index (χ0v) is 17.4. The third-order valence-electron chi connectivity index (χ3n) is 5.63. The molecule has 2 aromatic carbocycles. The number of hydrogen-bond acceptors (Lipinski definition) is 4. The van der Waals surface area contributed by atoms with Gasteiger partial charge in [0.2, 0.25) is 5.91 Å². The summed E-state index contributed by atoms with van der Waals surface area (Å²) in [5.41, 5.74) is 2.50. The smallest absolute Gasteiger partial charge is 0.408 e. The van der Waals surface area contributed by atoms with Gasteiger partial charge in [-0.25, -0.2) is 9.18 Å². The molecular weight excluding hydrogens is 409 g/mol. The van der Waals surface area contributed by atoms with Crippen LogP contribution in [0.3, 0.4) is 0 Å². The molecule has 8 heteroatoms. The highest BCUT2D eigenvalue weighted by atomic mass is 35.5. The lowest BCUT2D eigenvalue weighted by atomic mass is 9.96. The van der Waals surface area contributed by atoms with Crippen LogP contribution in [0.1, 0.15) is 24.0 Å². The summed E-state index contributed by atoms with van der Waals surface area (Å²) in [6, 6.07) is 10.1. The number of oxazole rings is 1. The fourth-order valence-electron chi connectivity index (χ4n) is 3.79. The number of benzene rings is 2. The Morgan fingerprint density at radius 1 is 1.23 bits per heavy atom. The van der Waals surface area contributed by atoms with Gasteiger partial charge in [0.15, 0.2) is 5.58 Å². The summed E-state index contributed by atoms with van der Waals surface area (Å²) in [6.45, 7) is 3.80. The Kier molecular flexibility index (Phi) is 5.92. The molecule has 0 saturated carbocycles. The van der Waals surface area contributed by atoms with Gasteiger partial charge in [-0.05, 0) is 55.2 Å². The molecule has 0 unspecified atom stereocenters. The van der Waals surface area contributed by atoms with E-state index in [4.69, 9.17) is 16.0 Å². The largest absolute Gasteiger partial charge is 0.421 e. The number of amides is 1. The van der Waals surface area contributed by atoms with E-state index in [0.29, 0.717) is 60.8 Å². The van der Waals surface area contributed by atoms with E-state index in [1.54, 1.807) is 35.8 Å². The van der Waals surface area contributed by atoms with Gasteiger partial charge < -0.3 is 9.73 Å². The van der Waals surface area contributed by atoms with Crippen LogP contribution >= 0.6 is 11.6 Å². The molecule has 3 aromatic rings. The minimum Gasteiger partial charge on any atom is -0.408 e. The van der Waals surface area contributed by atoms with Gasteiger partial charge in [-0.1, -0.05) is 23.7 Å². The van der Waals surface area contributed by atoms with Crippen LogP contribution < -0.4 is 11.1 Å². The quantitative estimate of drug-likeness (QED) is 0.669. The second-order valence-corrected chi connectivity index (χ2v) is 8.18. The second kappa shape index (κ2) is 8.62. The summed E-state index contributed by atoms with van der Waals surface area (Å²) in [7, 11) is 0. The molecule has 0 aliphatic carbocycles. The maximum Gasteiger partial charge on any atom is 0.421 e. The number of rotatable bonds is 5. The molecule has 0 bridgehead atoms. The van der Waals surface area contributed by atoms with Crippen molar-refractivity contribution in [3.05, 3.63) is 68.9 Å². The summed E-state index contributed by atoms with van der Waals surface area (Å²) >= 11 is 6.05. The summed E-state index contributed by atoms with van der Waals surface area (Å²) < 4.78 is 20.5. The number of piperidine rings is 1. The summed E-state index contributed by atoms with van der Waals surface area (Å²) in [6.07, 6.45) is 1.39. The molecule has 1 aliphatic heterocycles. The summed E-state index contributed by atoms with van der Waals surface area (Å²) in [5, 5.41) is 3.45. The number of aromatic nitrogens is 1. The van der Waals surface area contributed by atoms with E-state index < -0.39 is 5.76 Å². The molecular formula is C22H23ClFN3O3. The minimum atomic E-state index is -0.419. The molecule has 1 amide bonds. The highest BCUT2D eigenvalue weighted by Crippen LogP contribution is 2.21. The van der Waals surface area contributed by atoms with Gasteiger partial charge in [-0.15, -0.1) is 0 Å². The first-order valence-corrected chi connectivity index (χ1v) is 10.3. The maximum atomic E-state index is 13.6. The van der Waals surface area contributed by atoms with Crippen LogP contribution in [0.2, 0.25) is 5.02 Å². The first-order valence-electron chi connectivity index (χ1n) is 9.94. The minimum absolute atomic E-state index is 0.0201. The number of halogens is 2. The standard InChI is InChI=1S/C22H23ClFN3O3/c1-14-2-3-15(10-18(14)24)12-25-21(28)16-6-8-26(9-7-16)13-27-19-11-17(23)4-5-20(19)30-22(27)29/h2-5,10-11,16H,6-9,12-13H2,1H3,(H,25,28). The first-order chi connectivity index (χ1) is 14.4. The average Bonchev–Trinajstić information content (AvgIpc) is 3.04. The third kappa shape index (κ3) is 4.42. The van der Waals surface area contributed by atoms with E-state index in [9.17, 15) is 14.0 Å². The number of carbonyl (C=O) groups is 1. The van der Waals surface area contributed by atoms with E-state index in [1.165, 1.54) is 6.07 Å². The highest BCUT2D eigenvalue weighted by molar-refractivity contribution is 6.31. The Hall–Kier alpha value is -2.64. The number of nitrogens with zero attached hydrogens (tertiary/aromatic N) is 2. The van der Waals surface area contributed by atoms with E-state index in [2.05, 4.69) is 10.2 Å². The summed E-state index contributed by atoms with van der Waals surface area (Å²) in [4.78, 5) is 26.8. The Morgan fingerprint density at radius 3 is 2.73 bits per heavy atom. The van der Waals surface area contributed by atoms with Crippen molar-refractivity contribution in [1.29, 1.82) is 0 Å². The zero-order chi connectivity index (χ0) is 21.3. The fraction of sp³-hybridized carbons (Fsp3) is 0.364. The van der Waals surface area contributed by atoms with Gasteiger partial charge in [-0.3, -0.25) is 14.3 Å². The van der Waals surface area contributed by atoms with Gasteiger partial charge in [0.05, 0.1) is 12.2 Å². The number of aryl methyl sites for hydroxylation is 1. The van der Waals surface area contributed by atoms with E-state index in [0.717, 1.165) is 5.56 Å². The molecule has 0 atom stereocenters. The SMILES string of the molecule is Cc1ccc(CNC(=O)C2CCN(Cn3c(=O)oc4ccc(Cl)cc43)CC2)cc1F. The highest BCUT2D eigenvalue weighted by Gasteiger charge is 2.25. The molecule has 158 valence electrons. The Balaban J connectivity index is 1.32. The van der Waals surface area contributed by atoms with Crippen LogP contribution in [0, 0.1) is 18.7 Å². The van der Waals surface area contributed by atoms with E-state index in [-0.39, 0.29) is 17.6 Å². The molecule has 1 aromatic heterocycles. The third-order valence-corrected chi connectivity index (χ3v) is 5.87. The van der Waals surface area contributed by atoms with Gasteiger partial charge in [0.25, 0.3) is 0 Å². The average molecular weight is 432 g/mol. The molecule has 2 heterocycles. The van der Waals surface area contributed by atoms with E-state index in [1.807, 2.05) is 6.07 Å². The van der Waals surface area contributed by atoms with Crippen LogP contribution in [-0.2, 0) is 18.0 Å². The van der Waals surface area contributed by atoms with Crippen molar-refractivity contribution in [3.8, 4) is 0 Å². The first kappa shape index (κ1) is 20.6. The number of fused-ring (bicyclic) bond motifs is 1. The maximum absolute atomic E-state index is 13.6.